The van der Waals surface area contributed by atoms with Gasteiger partial charge < -0.3 is 77.4 Å². The molecule has 0 spiro atoms. The predicted octanol–water partition coefficient (Wildman–Crippen LogP) is -1.65. The van der Waals surface area contributed by atoms with E-state index < -0.39 is 113 Å². The summed E-state index contributed by atoms with van der Waals surface area (Å²) in [6.07, 6.45) is 2.19. The van der Waals surface area contributed by atoms with Gasteiger partial charge in [0.05, 0.1) is 30.9 Å². The van der Waals surface area contributed by atoms with Gasteiger partial charge in [0, 0.05) is 35.4 Å². The molecule has 0 aromatic heterocycles. The van der Waals surface area contributed by atoms with Crippen molar-refractivity contribution in [1.82, 2.24) is 10.6 Å². The molecule has 17 nitrogen and oxygen atoms in total. The highest BCUT2D eigenvalue weighted by molar-refractivity contribution is 6.01. The van der Waals surface area contributed by atoms with Gasteiger partial charge in [-0.25, -0.2) is 4.39 Å². The third kappa shape index (κ3) is 8.05. The molecule has 346 valence electrons. The van der Waals surface area contributed by atoms with Crippen molar-refractivity contribution >= 4 is 11.6 Å². The second kappa shape index (κ2) is 18.0. The quantitative estimate of drug-likeness (QED) is 0.110. The summed E-state index contributed by atoms with van der Waals surface area (Å²) >= 11 is 0. The largest absolute Gasteiger partial charge is 0.390 e. The van der Waals surface area contributed by atoms with Gasteiger partial charge in [-0.15, -0.1) is 0 Å². The first-order valence-electron chi connectivity index (χ1n) is 21.7. The molecule has 0 aromatic carbocycles. The van der Waals surface area contributed by atoms with E-state index in [0.717, 1.165) is 0 Å². The summed E-state index contributed by atoms with van der Waals surface area (Å²) in [6.45, 7) is 8.83. The molecule has 2 aliphatic heterocycles. The van der Waals surface area contributed by atoms with Crippen molar-refractivity contribution < 1.29 is 63.6 Å². The van der Waals surface area contributed by atoms with Crippen LogP contribution in [0.2, 0.25) is 0 Å². The zero-order chi connectivity index (χ0) is 45.0. The fourth-order valence-electron chi connectivity index (χ4n) is 12.1. The summed E-state index contributed by atoms with van der Waals surface area (Å²) in [5, 5.41) is 70.7. The molecule has 0 bridgehead atoms. The Bertz CT molecular complexity index is 1710. The maximum Gasteiger partial charge on any atom is 0.190 e. The van der Waals surface area contributed by atoms with Gasteiger partial charge in [-0.2, -0.15) is 0 Å². The van der Waals surface area contributed by atoms with Crippen LogP contribution in [-0.4, -0.2) is 166 Å². The van der Waals surface area contributed by atoms with E-state index in [9.17, 15) is 40.2 Å². The number of likely N-dealkylation sites (N-methyl/N-ethyl adjacent to an activating group) is 2. The van der Waals surface area contributed by atoms with E-state index in [4.69, 9.17) is 36.1 Å². The van der Waals surface area contributed by atoms with Crippen LogP contribution in [0.3, 0.4) is 0 Å². The van der Waals surface area contributed by atoms with Crippen molar-refractivity contribution in [3.8, 4) is 0 Å². The standard InChI is InChI=1S/C22H29FO5.C21H41N5O7/c1-12-8-16-15-5-4-13-9-14(25)6-7-19(13,2)21(15,23)17(26)10-20(16,3)22(12,28)18(27)11-24;1-4-26-13-7-12(24)16(32-19-11(23)6-5-10(8-22)31-19)14(27)17(13)33-20-15(28)18(25-3)21(2,29)9-30-20/h6-7,9,12,15-17,24,26,28H,4-5,8,10-11H2,1-3H3;5-6,10-20,25-29H,4,7-9,22-24H2,1-3H3/t12-,15+,16+,17+,19+,20+,21+,22+;10?,11-,12+,13-,14+,15-,16-,17+,18-,19+,20-,21+/m11/s1. The molecule has 0 aromatic rings. The highest BCUT2D eigenvalue weighted by atomic mass is 19.1. The van der Waals surface area contributed by atoms with Gasteiger partial charge >= 0.3 is 0 Å². The number of allylic oxidation sites excluding steroid dienone is 4. The Hall–Kier alpha value is -2.11. The summed E-state index contributed by atoms with van der Waals surface area (Å²) in [6, 6.07) is -2.06. The summed E-state index contributed by atoms with van der Waals surface area (Å²) in [5.41, 5.74) is 11.7. The number of ketones is 2. The molecule has 18 heteroatoms. The lowest BCUT2D eigenvalue weighted by molar-refractivity contribution is -0.305. The maximum absolute atomic E-state index is 16.9. The zero-order valence-corrected chi connectivity index (χ0v) is 36.2. The van der Waals surface area contributed by atoms with Crippen LogP contribution in [0.5, 0.6) is 0 Å². The van der Waals surface area contributed by atoms with Crippen molar-refractivity contribution in [1.29, 1.82) is 0 Å². The first kappa shape index (κ1) is 48.3. The molecule has 14 N–H and O–H groups in total. The number of carbonyl (C=O) groups excluding carboxylic acids is 2. The molecule has 7 rings (SSSR count). The average molecular weight is 868 g/mol. The second-order valence-corrected chi connectivity index (χ2v) is 19.0. The van der Waals surface area contributed by atoms with Crippen LogP contribution >= 0.6 is 0 Å². The topological polar surface area (TPSA) is 295 Å². The number of nitrogens with two attached hydrogens (primary N) is 3. The van der Waals surface area contributed by atoms with E-state index in [1.165, 1.54) is 12.2 Å². The second-order valence-electron chi connectivity index (χ2n) is 19.0. The number of hydrogen-bond donors (Lipinski definition) is 11. The van der Waals surface area contributed by atoms with E-state index in [0.29, 0.717) is 37.8 Å². The molecule has 1 saturated heterocycles. The van der Waals surface area contributed by atoms with Gasteiger partial charge in [-0.1, -0.05) is 44.6 Å². The van der Waals surface area contributed by atoms with Gasteiger partial charge in [0.1, 0.15) is 42.2 Å². The molecule has 4 saturated carbocycles. The van der Waals surface area contributed by atoms with E-state index in [1.54, 1.807) is 53.0 Å². The van der Waals surface area contributed by atoms with Crippen molar-refractivity contribution in [2.24, 2.45) is 45.8 Å². The third-order valence-corrected chi connectivity index (χ3v) is 15.4. The average Bonchev–Trinajstić information content (AvgIpc) is 3.41. The van der Waals surface area contributed by atoms with E-state index in [-0.39, 0.29) is 43.4 Å². The van der Waals surface area contributed by atoms with E-state index in [1.807, 2.05) is 6.92 Å². The van der Waals surface area contributed by atoms with Crippen molar-refractivity contribution in [3.63, 3.8) is 0 Å². The molecule has 1 unspecified atom stereocenters. The van der Waals surface area contributed by atoms with Crippen LogP contribution < -0.4 is 27.8 Å². The first-order valence-corrected chi connectivity index (χ1v) is 21.7. The van der Waals surface area contributed by atoms with E-state index >= 15 is 4.39 Å². The summed E-state index contributed by atoms with van der Waals surface area (Å²) in [4.78, 5) is 24.4. The van der Waals surface area contributed by atoms with Crippen LogP contribution in [-0.2, 0) is 28.5 Å². The number of aliphatic hydroxyl groups is 6. The number of rotatable bonds is 10. The summed E-state index contributed by atoms with van der Waals surface area (Å²) in [5.74, 6) is -2.12. The Balaban J connectivity index is 0.000000206. The molecule has 5 fully saturated rings. The molecule has 5 aliphatic carbocycles. The third-order valence-electron chi connectivity index (χ3n) is 15.4. The highest BCUT2D eigenvalue weighted by Crippen LogP contribution is 2.70. The molecule has 7 aliphatic rings. The van der Waals surface area contributed by atoms with Gasteiger partial charge in [-0.3, -0.25) is 9.59 Å². The lowest BCUT2D eigenvalue weighted by Gasteiger charge is -2.62. The number of aliphatic hydroxyl groups excluding tert-OH is 4. The van der Waals surface area contributed by atoms with Crippen LogP contribution in [0.15, 0.2) is 36.0 Å². The number of ether oxygens (including phenoxy) is 4. The summed E-state index contributed by atoms with van der Waals surface area (Å²) in [7, 11) is 1.64. The zero-order valence-electron chi connectivity index (χ0n) is 36.2. The molecular formula is C43H70FN5O12. The smallest absolute Gasteiger partial charge is 0.190 e. The fraction of sp³-hybridized carbons (Fsp3) is 0.814. The van der Waals surface area contributed by atoms with Crippen LogP contribution in [0.1, 0.15) is 66.7 Å². The predicted molar refractivity (Wildman–Crippen MR) is 220 cm³/mol. The molecule has 0 radical (unpaired) electrons. The maximum atomic E-state index is 16.9. The minimum atomic E-state index is -1.98. The Morgan fingerprint density at radius 3 is 2.36 bits per heavy atom. The van der Waals surface area contributed by atoms with Crippen LogP contribution in [0.4, 0.5) is 4.39 Å². The molecule has 61 heavy (non-hydrogen) atoms. The fourth-order valence-corrected chi connectivity index (χ4v) is 12.1. The molecule has 0 amide bonds. The first-order chi connectivity index (χ1) is 28.6. The number of hydrogen-bond acceptors (Lipinski definition) is 17. The minimum absolute atomic E-state index is 0.0497. The Morgan fingerprint density at radius 1 is 1.03 bits per heavy atom. The SMILES string of the molecule is CCN[C@@H]1C[C@H](N)[C@@H](O[C@@H]2OC(CN)C=C[C@H]2N)[C@H](O)[C@H]1O[C@H]1OC[C@](C)(O)[C@H](NC)[C@H]1O.C[C@@H]1C[C@H]2[C@@H]3CCC4=CC(=O)C=C[C@]4(C)[C@@]3(F)[C@@H](O)C[C@]2(C)[C@@]1(O)C(=O)CO. The number of carbonyl (C=O) groups is 2. The monoisotopic (exact) mass is 868 g/mol. The number of halogens is 1. The number of Topliss-reactive ketones (excluding diaryl/α,β-unsaturated/α-hetero) is 1. The highest BCUT2D eigenvalue weighted by Gasteiger charge is 2.75. The van der Waals surface area contributed by atoms with Crippen molar-refractivity contribution in [2.45, 2.75) is 157 Å². The Morgan fingerprint density at radius 2 is 1.72 bits per heavy atom. The van der Waals surface area contributed by atoms with Gasteiger partial charge in [-0.05, 0) is 83.5 Å². The lowest BCUT2D eigenvalue weighted by Crippen LogP contribution is -2.69. The molecule has 20 atom stereocenters. The number of nitrogens with one attached hydrogen (secondary N) is 2. The van der Waals surface area contributed by atoms with E-state index in [2.05, 4.69) is 10.6 Å². The van der Waals surface area contributed by atoms with Crippen LogP contribution in [0, 0.1) is 28.6 Å². The van der Waals surface area contributed by atoms with Crippen molar-refractivity contribution in [2.75, 3.05) is 33.4 Å². The lowest BCUT2D eigenvalue weighted by atomic mass is 9.44. The molecular weight excluding hydrogens is 797 g/mol. The van der Waals surface area contributed by atoms with Crippen LogP contribution in [0.25, 0.3) is 0 Å². The van der Waals surface area contributed by atoms with Gasteiger partial charge in [0.2, 0.25) is 0 Å². The van der Waals surface area contributed by atoms with Crippen molar-refractivity contribution in [3.05, 3.63) is 36.0 Å². The summed E-state index contributed by atoms with van der Waals surface area (Å²) < 4.78 is 40.4. The van der Waals surface area contributed by atoms with Gasteiger partial charge in [0.25, 0.3) is 0 Å². The molecule has 2 heterocycles. The Kier molecular flexibility index (Phi) is 14.3. The normalized spacial score (nSPS) is 50.5. The minimum Gasteiger partial charge on any atom is -0.390 e. The number of fused-ring (bicyclic) bond motifs is 5. The van der Waals surface area contributed by atoms with Gasteiger partial charge in [0.15, 0.2) is 29.8 Å². The number of alkyl halides is 1. The Labute approximate surface area is 357 Å².